The minimum absolute atomic E-state index is 0.238. The van der Waals surface area contributed by atoms with Gasteiger partial charge in [0.2, 0.25) is 0 Å². The average Bonchev–Trinajstić information content (AvgIpc) is 2.69. The van der Waals surface area contributed by atoms with Gasteiger partial charge in [-0.1, -0.05) is 47.5 Å². The Morgan fingerprint density at radius 1 is 1.00 bits per heavy atom. The first kappa shape index (κ1) is 19.9. The number of halogens is 1. The van der Waals surface area contributed by atoms with E-state index in [0.717, 1.165) is 16.8 Å². The molecule has 0 heterocycles. The summed E-state index contributed by atoms with van der Waals surface area (Å²) in [6.45, 7) is 2.26. The molecule has 0 spiro atoms. The van der Waals surface area contributed by atoms with E-state index in [1.165, 1.54) is 0 Å². The molecule has 0 aromatic heterocycles. The van der Waals surface area contributed by atoms with Gasteiger partial charge in [-0.3, -0.25) is 10.1 Å². The number of amides is 1. The van der Waals surface area contributed by atoms with E-state index in [0.29, 0.717) is 16.3 Å². The number of hydrogen-bond donors (Lipinski definition) is 2. The molecule has 0 bridgehead atoms. The number of ether oxygens (including phenoxy) is 1. The number of rotatable bonds is 5. The number of benzene rings is 3. The molecule has 0 saturated heterocycles. The fraction of sp³-hybridized carbons (Fsp3) is 0.0909. The maximum Gasteiger partial charge on any atom is 0.257 e. The smallest absolute Gasteiger partial charge is 0.257 e. The molecule has 0 aliphatic heterocycles. The Morgan fingerprint density at radius 2 is 1.68 bits per heavy atom. The van der Waals surface area contributed by atoms with Crippen LogP contribution in [0.5, 0.6) is 5.75 Å². The van der Waals surface area contributed by atoms with Crippen LogP contribution in [0.25, 0.3) is 0 Å². The van der Waals surface area contributed by atoms with Crippen LogP contribution in [0.1, 0.15) is 21.5 Å². The zero-order valence-corrected chi connectivity index (χ0v) is 16.8. The molecule has 28 heavy (non-hydrogen) atoms. The van der Waals surface area contributed by atoms with Gasteiger partial charge >= 0.3 is 0 Å². The first-order valence-electron chi connectivity index (χ1n) is 8.66. The predicted molar refractivity (Wildman–Crippen MR) is 117 cm³/mol. The van der Waals surface area contributed by atoms with Crippen molar-refractivity contribution in [3.8, 4) is 5.75 Å². The van der Waals surface area contributed by atoms with Crippen molar-refractivity contribution >= 4 is 40.5 Å². The average molecular weight is 411 g/mol. The maximum absolute atomic E-state index is 12.7. The van der Waals surface area contributed by atoms with Crippen LogP contribution in [-0.4, -0.2) is 11.0 Å². The SMILES string of the molecule is Cc1ccc(NC(=S)NC(=O)c2ccccc2COc2ccc(Cl)cc2)cc1. The topological polar surface area (TPSA) is 50.4 Å². The number of aryl methyl sites for hydroxylation is 1. The van der Waals surface area contributed by atoms with Gasteiger partial charge in [-0.25, -0.2) is 0 Å². The molecule has 6 heteroatoms. The molecule has 3 aromatic rings. The molecule has 0 aliphatic carbocycles. The van der Waals surface area contributed by atoms with Crippen LogP contribution in [-0.2, 0) is 6.61 Å². The summed E-state index contributed by atoms with van der Waals surface area (Å²) in [5.41, 5.74) is 3.22. The normalized spacial score (nSPS) is 10.2. The number of carbonyl (C=O) groups is 1. The number of carbonyl (C=O) groups excluding carboxylic acids is 1. The Labute approximate surface area is 174 Å². The van der Waals surface area contributed by atoms with Crippen molar-refractivity contribution in [1.29, 1.82) is 0 Å². The minimum Gasteiger partial charge on any atom is -0.489 e. The van der Waals surface area contributed by atoms with E-state index in [4.69, 9.17) is 28.6 Å². The highest BCUT2D eigenvalue weighted by Gasteiger charge is 2.13. The highest BCUT2D eigenvalue weighted by atomic mass is 35.5. The standard InChI is InChI=1S/C22H19ClN2O2S/c1-15-6-10-18(11-7-15)24-22(28)25-21(26)20-5-3-2-4-16(20)14-27-19-12-8-17(23)9-13-19/h2-13H,14H2,1H3,(H2,24,25,26,28). The van der Waals surface area contributed by atoms with Crippen LogP contribution in [0.3, 0.4) is 0 Å². The second-order valence-electron chi connectivity index (χ2n) is 6.17. The molecule has 4 nitrogen and oxygen atoms in total. The van der Waals surface area contributed by atoms with Gasteiger partial charge in [0.15, 0.2) is 5.11 Å². The van der Waals surface area contributed by atoms with Crippen LogP contribution in [0.4, 0.5) is 5.69 Å². The third-order valence-corrected chi connectivity index (χ3v) is 4.46. The zero-order chi connectivity index (χ0) is 19.9. The molecule has 0 atom stereocenters. The summed E-state index contributed by atoms with van der Waals surface area (Å²) in [6.07, 6.45) is 0. The van der Waals surface area contributed by atoms with Crippen LogP contribution in [0.2, 0.25) is 5.02 Å². The van der Waals surface area contributed by atoms with Crippen LogP contribution < -0.4 is 15.4 Å². The number of hydrogen-bond acceptors (Lipinski definition) is 3. The van der Waals surface area contributed by atoms with Crippen LogP contribution in [0, 0.1) is 6.92 Å². The van der Waals surface area contributed by atoms with Gasteiger partial charge in [0.05, 0.1) is 0 Å². The third kappa shape index (κ3) is 5.55. The summed E-state index contributed by atoms with van der Waals surface area (Å²) >= 11 is 11.1. The summed E-state index contributed by atoms with van der Waals surface area (Å²) < 4.78 is 5.76. The fourth-order valence-corrected chi connectivity index (χ4v) is 2.87. The van der Waals surface area contributed by atoms with Crippen molar-refractivity contribution < 1.29 is 9.53 Å². The predicted octanol–water partition coefficient (Wildman–Crippen LogP) is 5.35. The molecule has 0 unspecified atom stereocenters. The summed E-state index contributed by atoms with van der Waals surface area (Å²) in [6, 6.07) is 22.1. The first-order chi connectivity index (χ1) is 13.5. The van der Waals surface area contributed by atoms with Crippen LogP contribution in [0.15, 0.2) is 72.8 Å². The van der Waals surface area contributed by atoms with E-state index in [2.05, 4.69) is 10.6 Å². The monoisotopic (exact) mass is 410 g/mol. The second-order valence-corrected chi connectivity index (χ2v) is 7.02. The van der Waals surface area contributed by atoms with E-state index in [9.17, 15) is 4.79 Å². The van der Waals surface area contributed by atoms with Crippen LogP contribution >= 0.6 is 23.8 Å². The molecule has 0 aliphatic rings. The number of thiocarbonyl (C=S) groups is 1. The summed E-state index contributed by atoms with van der Waals surface area (Å²) in [5.74, 6) is 0.385. The van der Waals surface area contributed by atoms with Crippen molar-refractivity contribution in [2.24, 2.45) is 0 Å². The Balaban J connectivity index is 1.63. The molecular formula is C22H19ClN2O2S. The van der Waals surface area contributed by atoms with Gasteiger partial charge in [0.1, 0.15) is 12.4 Å². The maximum atomic E-state index is 12.7. The molecule has 0 radical (unpaired) electrons. The molecule has 3 rings (SSSR count). The van der Waals surface area contributed by atoms with Crippen molar-refractivity contribution in [3.63, 3.8) is 0 Å². The summed E-state index contributed by atoms with van der Waals surface area (Å²) in [5, 5.41) is 6.60. The molecule has 3 aromatic carbocycles. The Morgan fingerprint density at radius 3 is 2.39 bits per heavy atom. The largest absolute Gasteiger partial charge is 0.489 e. The number of nitrogens with one attached hydrogen (secondary N) is 2. The highest BCUT2D eigenvalue weighted by molar-refractivity contribution is 7.80. The quantitative estimate of drug-likeness (QED) is 0.556. The van der Waals surface area contributed by atoms with E-state index in [-0.39, 0.29) is 17.6 Å². The molecular weight excluding hydrogens is 392 g/mol. The first-order valence-corrected chi connectivity index (χ1v) is 9.45. The van der Waals surface area contributed by atoms with Crippen molar-refractivity contribution in [3.05, 3.63) is 94.5 Å². The van der Waals surface area contributed by atoms with Crippen molar-refractivity contribution in [2.75, 3.05) is 5.32 Å². The second kappa shape index (κ2) is 9.35. The third-order valence-electron chi connectivity index (χ3n) is 4.01. The fourth-order valence-electron chi connectivity index (χ4n) is 2.53. The van der Waals surface area contributed by atoms with Gasteiger partial charge in [-0.15, -0.1) is 0 Å². The Bertz CT molecular complexity index is 973. The molecule has 1 amide bonds. The van der Waals surface area contributed by atoms with E-state index < -0.39 is 0 Å². The van der Waals surface area contributed by atoms with Gasteiger partial charge in [0, 0.05) is 21.8 Å². The summed E-state index contributed by atoms with van der Waals surface area (Å²) in [7, 11) is 0. The van der Waals surface area contributed by atoms with Gasteiger partial charge in [0.25, 0.3) is 5.91 Å². The lowest BCUT2D eigenvalue weighted by Gasteiger charge is -2.13. The molecule has 142 valence electrons. The van der Waals surface area contributed by atoms with Gasteiger partial charge in [-0.2, -0.15) is 0 Å². The van der Waals surface area contributed by atoms with Gasteiger partial charge < -0.3 is 10.1 Å². The lowest BCUT2D eigenvalue weighted by Crippen LogP contribution is -2.34. The zero-order valence-electron chi connectivity index (χ0n) is 15.2. The lowest BCUT2D eigenvalue weighted by molar-refractivity contribution is 0.0975. The van der Waals surface area contributed by atoms with Crippen molar-refractivity contribution in [2.45, 2.75) is 13.5 Å². The van der Waals surface area contributed by atoms with Gasteiger partial charge in [-0.05, 0) is 61.6 Å². The molecule has 0 saturated carbocycles. The van der Waals surface area contributed by atoms with E-state index in [1.807, 2.05) is 43.3 Å². The Kier molecular flexibility index (Phi) is 6.63. The van der Waals surface area contributed by atoms with E-state index >= 15 is 0 Å². The van der Waals surface area contributed by atoms with Crippen molar-refractivity contribution in [1.82, 2.24) is 5.32 Å². The highest BCUT2D eigenvalue weighted by Crippen LogP contribution is 2.18. The Hall–Kier alpha value is -2.89. The van der Waals surface area contributed by atoms with E-state index in [1.54, 1.807) is 36.4 Å². The lowest BCUT2D eigenvalue weighted by atomic mass is 10.1. The molecule has 2 N–H and O–H groups in total. The molecule has 0 fully saturated rings. The minimum atomic E-state index is -0.292. The number of anilines is 1. The summed E-state index contributed by atoms with van der Waals surface area (Å²) in [4.78, 5) is 12.7.